The molecular weight excluding hydrogens is 290 g/mol. The van der Waals surface area contributed by atoms with Crippen molar-refractivity contribution in [1.29, 1.82) is 0 Å². The number of pyridine rings is 1. The molecule has 0 spiro atoms. The summed E-state index contributed by atoms with van der Waals surface area (Å²) in [6, 6.07) is 11.0. The maximum Gasteiger partial charge on any atom is 0.250 e. The molecule has 1 aromatic carbocycles. The van der Waals surface area contributed by atoms with Gasteiger partial charge in [0, 0.05) is 31.0 Å². The largest absolute Gasteiger partial charge is 0.324 e. The third-order valence-electron chi connectivity index (χ3n) is 3.78. The number of hydrogen-bond donors (Lipinski definition) is 1. The van der Waals surface area contributed by atoms with Crippen LogP contribution in [0.1, 0.15) is 11.1 Å². The summed E-state index contributed by atoms with van der Waals surface area (Å²) >= 11 is 0. The number of para-hydroxylation sites is 1. The number of carbonyl (C=O) groups is 1. The van der Waals surface area contributed by atoms with E-state index in [1.54, 1.807) is 16.8 Å². The van der Waals surface area contributed by atoms with Crippen LogP contribution in [0.15, 0.2) is 47.4 Å². The second-order valence-corrected chi connectivity index (χ2v) is 5.79. The molecule has 1 heterocycles. The van der Waals surface area contributed by atoms with Crippen LogP contribution in [0.2, 0.25) is 0 Å². The first-order valence-electron chi connectivity index (χ1n) is 7.67. The molecule has 0 radical (unpaired) electrons. The van der Waals surface area contributed by atoms with E-state index in [2.05, 4.69) is 5.32 Å². The molecule has 1 aromatic heterocycles. The molecule has 0 aliphatic heterocycles. The molecule has 0 fully saturated rings. The van der Waals surface area contributed by atoms with Crippen LogP contribution >= 0.6 is 0 Å². The van der Waals surface area contributed by atoms with Crippen LogP contribution in [0.3, 0.4) is 0 Å². The van der Waals surface area contributed by atoms with Crippen molar-refractivity contribution in [3.05, 3.63) is 64.1 Å². The van der Waals surface area contributed by atoms with E-state index in [0.29, 0.717) is 13.1 Å². The first kappa shape index (κ1) is 17.0. The Bertz CT molecular complexity index is 717. The van der Waals surface area contributed by atoms with E-state index in [4.69, 9.17) is 0 Å². The van der Waals surface area contributed by atoms with Gasteiger partial charge in [-0.2, -0.15) is 0 Å². The minimum Gasteiger partial charge on any atom is -0.324 e. The average molecular weight is 313 g/mol. The van der Waals surface area contributed by atoms with Crippen LogP contribution in [-0.2, 0) is 11.3 Å². The molecule has 0 bridgehead atoms. The molecule has 0 saturated heterocycles. The van der Waals surface area contributed by atoms with Gasteiger partial charge in [0.2, 0.25) is 5.91 Å². The number of aryl methyl sites for hydroxylation is 2. The van der Waals surface area contributed by atoms with Crippen molar-refractivity contribution in [2.45, 2.75) is 20.4 Å². The van der Waals surface area contributed by atoms with E-state index in [1.165, 1.54) is 6.07 Å². The van der Waals surface area contributed by atoms with Gasteiger partial charge in [-0.3, -0.25) is 14.5 Å². The summed E-state index contributed by atoms with van der Waals surface area (Å²) < 4.78 is 1.64. The number of likely N-dealkylation sites (N-methyl/N-ethyl adjacent to an activating group) is 1. The van der Waals surface area contributed by atoms with Gasteiger partial charge in [0.1, 0.15) is 0 Å². The van der Waals surface area contributed by atoms with Gasteiger partial charge in [0.25, 0.3) is 5.56 Å². The molecule has 1 N–H and O–H groups in total. The highest BCUT2D eigenvalue weighted by molar-refractivity contribution is 5.93. The van der Waals surface area contributed by atoms with Gasteiger partial charge in [0.05, 0.1) is 6.54 Å². The fraction of sp³-hybridized carbons (Fsp3) is 0.333. The predicted molar refractivity (Wildman–Crippen MR) is 92.7 cm³/mol. The Morgan fingerprint density at radius 1 is 1.13 bits per heavy atom. The zero-order valence-corrected chi connectivity index (χ0v) is 13.9. The molecule has 5 nitrogen and oxygen atoms in total. The van der Waals surface area contributed by atoms with Gasteiger partial charge in [0.15, 0.2) is 0 Å². The molecule has 2 rings (SSSR count). The van der Waals surface area contributed by atoms with Crippen LogP contribution in [0, 0.1) is 13.8 Å². The second-order valence-electron chi connectivity index (χ2n) is 5.79. The molecule has 0 aliphatic carbocycles. The van der Waals surface area contributed by atoms with Crippen molar-refractivity contribution in [2.75, 3.05) is 25.5 Å². The number of nitrogens with zero attached hydrogens (tertiary/aromatic N) is 2. The lowest BCUT2D eigenvalue weighted by Crippen LogP contribution is -2.34. The van der Waals surface area contributed by atoms with Crippen LogP contribution in [0.25, 0.3) is 0 Å². The Hall–Kier alpha value is -2.40. The molecule has 0 unspecified atom stereocenters. The number of anilines is 1. The summed E-state index contributed by atoms with van der Waals surface area (Å²) in [6.07, 6.45) is 1.76. The van der Waals surface area contributed by atoms with Crippen LogP contribution in [0.5, 0.6) is 0 Å². The smallest absolute Gasteiger partial charge is 0.250 e. The van der Waals surface area contributed by atoms with E-state index in [-0.39, 0.29) is 18.0 Å². The molecule has 2 aromatic rings. The Morgan fingerprint density at radius 2 is 1.83 bits per heavy atom. The molecule has 0 aliphatic rings. The van der Waals surface area contributed by atoms with E-state index in [1.807, 2.05) is 50.1 Å². The predicted octanol–water partition coefficient (Wildman–Crippen LogP) is 2.04. The summed E-state index contributed by atoms with van der Waals surface area (Å²) in [7, 11) is 1.87. The van der Waals surface area contributed by atoms with Crippen LogP contribution < -0.4 is 10.9 Å². The number of carbonyl (C=O) groups excluding carboxylic acids is 1. The molecule has 122 valence electrons. The highest BCUT2D eigenvalue weighted by Crippen LogP contribution is 2.19. The van der Waals surface area contributed by atoms with Crippen molar-refractivity contribution < 1.29 is 4.79 Å². The first-order chi connectivity index (χ1) is 11.0. The fourth-order valence-electron chi connectivity index (χ4n) is 2.44. The monoisotopic (exact) mass is 313 g/mol. The molecule has 1 amide bonds. The third kappa shape index (κ3) is 4.79. The highest BCUT2D eigenvalue weighted by atomic mass is 16.2. The minimum absolute atomic E-state index is 0.0270. The van der Waals surface area contributed by atoms with Crippen molar-refractivity contribution in [1.82, 2.24) is 9.47 Å². The highest BCUT2D eigenvalue weighted by Gasteiger charge is 2.10. The van der Waals surface area contributed by atoms with Gasteiger partial charge < -0.3 is 9.88 Å². The molecule has 0 atom stereocenters. The number of rotatable bonds is 6. The minimum atomic E-state index is -0.0506. The van der Waals surface area contributed by atoms with Crippen molar-refractivity contribution >= 4 is 11.6 Å². The molecule has 23 heavy (non-hydrogen) atoms. The van der Waals surface area contributed by atoms with Crippen LogP contribution in [-0.4, -0.2) is 35.5 Å². The Balaban J connectivity index is 1.88. The Morgan fingerprint density at radius 3 is 2.48 bits per heavy atom. The first-order valence-corrected chi connectivity index (χ1v) is 7.67. The summed E-state index contributed by atoms with van der Waals surface area (Å²) in [5.74, 6) is -0.0506. The van der Waals surface area contributed by atoms with Gasteiger partial charge in [-0.25, -0.2) is 0 Å². The average Bonchev–Trinajstić information content (AvgIpc) is 2.50. The fourth-order valence-corrected chi connectivity index (χ4v) is 2.44. The molecule has 5 heteroatoms. The van der Waals surface area contributed by atoms with Gasteiger partial charge >= 0.3 is 0 Å². The zero-order chi connectivity index (χ0) is 16.8. The van der Waals surface area contributed by atoms with Gasteiger partial charge in [-0.15, -0.1) is 0 Å². The summed E-state index contributed by atoms with van der Waals surface area (Å²) in [6.45, 7) is 5.44. The van der Waals surface area contributed by atoms with Crippen LogP contribution in [0.4, 0.5) is 5.69 Å². The van der Waals surface area contributed by atoms with Gasteiger partial charge in [-0.05, 0) is 38.1 Å². The molecular formula is C18H23N3O2. The van der Waals surface area contributed by atoms with E-state index >= 15 is 0 Å². The summed E-state index contributed by atoms with van der Waals surface area (Å²) in [5.41, 5.74) is 2.96. The second kappa shape index (κ2) is 7.74. The van der Waals surface area contributed by atoms with Crippen molar-refractivity contribution in [3.8, 4) is 0 Å². The number of benzene rings is 1. The van der Waals surface area contributed by atoms with Crippen molar-refractivity contribution in [3.63, 3.8) is 0 Å². The number of amides is 1. The zero-order valence-electron chi connectivity index (χ0n) is 13.9. The maximum absolute atomic E-state index is 12.2. The van der Waals surface area contributed by atoms with E-state index < -0.39 is 0 Å². The lowest BCUT2D eigenvalue weighted by atomic mass is 10.1. The molecule has 0 saturated carbocycles. The van der Waals surface area contributed by atoms with Gasteiger partial charge in [-0.1, -0.05) is 24.3 Å². The Labute approximate surface area is 136 Å². The van der Waals surface area contributed by atoms with E-state index in [0.717, 1.165) is 16.8 Å². The lowest BCUT2D eigenvalue weighted by molar-refractivity contribution is -0.117. The van der Waals surface area contributed by atoms with E-state index in [9.17, 15) is 9.59 Å². The number of hydrogen-bond acceptors (Lipinski definition) is 3. The summed E-state index contributed by atoms with van der Waals surface area (Å²) in [4.78, 5) is 25.7. The summed E-state index contributed by atoms with van der Waals surface area (Å²) in [5, 5.41) is 2.97. The topological polar surface area (TPSA) is 54.3 Å². The standard InChI is InChI=1S/C18H23N3O2/c1-14-7-6-8-15(2)18(14)19-16(22)13-20(3)11-12-21-10-5-4-9-17(21)23/h4-10H,11-13H2,1-3H3,(H,19,22). The van der Waals surface area contributed by atoms with Crippen molar-refractivity contribution in [2.24, 2.45) is 0 Å². The maximum atomic E-state index is 12.2. The lowest BCUT2D eigenvalue weighted by Gasteiger charge is -2.18. The third-order valence-corrected chi connectivity index (χ3v) is 3.78. The quantitative estimate of drug-likeness (QED) is 0.888. The number of nitrogens with one attached hydrogen (secondary N) is 1. The SMILES string of the molecule is Cc1cccc(C)c1NC(=O)CN(C)CCn1ccccc1=O. The number of aromatic nitrogens is 1. The Kier molecular flexibility index (Phi) is 5.71. The normalized spacial score (nSPS) is 10.8.